The minimum Gasteiger partial charge on any atom is -0.370 e. The fourth-order valence-corrected chi connectivity index (χ4v) is 1.77. The van der Waals surface area contributed by atoms with Crippen LogP contribution in [0, 0.1) is 6.92 Å². The van der Waals surface area contributed by atoms with Crippen molar-refractivity contribution in [3.8, 4) is 0 Å². The van der Waals surface area contributed by atoms with Gasteiger partial charge in [0, 0.05) is 5.02 Å². The zero-order valence-electron chi connectivity index (χ0n) is 8.84. The summed E-state index contributed by atoms with van der Waals surface area (Å²) in [4.78, 5) is 7.54. The maximum atomic E-state index is 5.99. The number of rotatable bonds is 1. The van der Waals surface area contributed by atoms with Crippen molar-refractivity contribution in [2.75, 3.05) is 0 Å². The molecule has 0 aliphatic rings. The Morgan fingerprint density at radius 3 is 2.24 bits per heavy atom. The molecule has 0 aromatic heterocycles. The first-order valence-electron chi connectivity index (χ1n) is 4.40. The summed E-state index contributed by atoms with van der Waals surface area (Å²) in [6, 6.07) is 1.52. The van der Waals surface area contributed by atoms with Gasteiger partial charge in [-0.15, -0.1) is 0 Å². The molecule has 5 nitrogen and oxygen atoms in total. The quantitative estimate of drug-likeness (QED) is 0.420. The average molecular weight is 295 g/mol. The van der Waals surface area contributed by atoms with Crippen LogP contribution in [0.4, 0.5) is 5.69 Å². The Morgan fingerprint density at radius 1 is 1.12 bits per heavy atom. The number of aliphatic imine (C=N–C) groups is 2. The van der Waals surface area contributed by atoms with Crippen LogP contribution in [-0.4, -0.2) is 11.9 Å². The zero-order chi connectivity index (χ0) is 13.2. The molecule has 0 bridgehead atoms. The Hall–Kier alpha value is -1.17. The third-order valence-corrected chi connectivity index (χ3v) is 3.02. The molecular weight excluding hydrogens is 284 g/mol. The van der Waals surface area contributed by atoms with Gasteiger partial charge in [-0.1, -0.05) is 34.8 Å². The highest BCUT2D eigenvalue weighted by Crippen LogP contribution is 2.39. The first kappa shape index (κ1) is 13.9. The largest absolute Gasteiger partial charge is 0.370 e. The van der Waals surface area contributed by atoms with Gasteiger partial charge in [-0.3, -0.25) is 0 Å². The van der Waals surface area contributed by atoms with E-state index in [1.807, 2.05) is 0 Å². The molecule has 0 aliphatic carbocycles. The van der Waals surface area contributed by atoms with Crippen LogP contribution in [0.25, 0.3) is 0 Å². The van der Waals surface area contributed by atoms with E-state index in [0.29, 0.717) is 16.3 Å². The van der Waals surface area contributed by atoms with Crippen molar-refractivity contribution in [2.45, 2.75) is 6.92 Å². The first-order chi connectivity index (χ1) is 7.82. The number of guanidine groups is 2. The monoisotopic (exact) mass is 293 g/mol. The van der Waals surface area contributed by atoms with E-state index in [1.54, 1.807) is 6.92 Å². The molecule has 17 heavy (non-hydrogen) atoms. The van der Waals surface area contributed by atoms with E-state index in [4.69, 9.17) is 52.0 Å². The van der Waals surface area contributed by atoms with Gasteiger partial charge in [0.05, 0.1) is 15.7 Å². The third kappa shape index (κ3) is 3.39. The summed E-state index contributed by atoms with van der Waals surface area (Å²) in [5.41, 5.74) is 16.8. The second kappa shape index (κ2) is 5.44. The lowest BCUT2D eigenvalue weighted by Crippen LogP contribution is -2.26. The number of hydrogen-bond acceptors (Lipinski definition) is 1. The fourth-order valence-electron chi connectivity index (χ4n) is 1.08. The van der Waals surface area contributed by atoms with Gasteiger partial charge >= 0.3 is 0 Å². The van der Waals surface area contributed by atoms with Crippen LogP contribution in [0.1, 0.15) is 5.56 Å². The first-order valence-corrected chi connectivity index (χ1v) is 5.54. The van der Waals surface area contributed by atoms with Gasteiger partial charge in [-0.2, -0.15) is 4.99 Å². The second-order valence-corrected chi connectivity index (χ2v) is 4.33. The van der Waals surface area contributed by atoms with Crippen molar-refractivity contribution in [3.63, 3.8) is 0 Å². The van der Waals surface area contributed by atoms with E-state index < -0.39 is 0 Å². The molecule has 0 saturated heterocycles. The standard InChI is InChI=1S/C9H10Cl3N5/c1-3-4(10)2-5(11)6(12)7(3)16-9(15)17-8(13)14/h2H,1H3,(H6,13,14,15,16,17). The van der Waals surface area contributed by atoms with E-state index in [2.05, 4.69) is 9.98 Å². The van der Waals surface area contributed by atoms with E-state index in [0.717, 1.165) is 0 Å². The fraction of sp³-hybridized carbons (Fsp3) is 0.111. The highest BCUT2D eigenvalue weighted by molar-refractivity contribution is 6.45. The lowest BCUT2D eigenvalue weighted by atomic mass is 10.2. The Labute approximate surface area is 113 Å². The summed E-state index contributed by atoms with van der Waals surface area (Å²) in [5.74, 6) is -0.332. The van der Waals surface area contributed by atoms with Crippen LogP contribution < -0.4 is 17.2 Å². The molecule has 0 aliphatic heterocycles. The summed E-state index contributed by atoms with van der Waals surface area (Å²) in [6.45, 7) is 1.73. The van der Waals surface area contributed by atoms with Crippen molar-refractivity contribution in [1.29, 1.82) is 0 Å². The van der Waals surface area contributed by atoms with E-state index in [1.165, 1.54) is 6.07 Å². The summed E-state index contributed by atoms with van der Waals surface area (Å²) in [5, 5.41) is 0.941. The highest BCUT2D eigenvalue weighted by atomic mass is 35.5. The van der Waals surface area contributed by atoms with Gasteiger partial charge in [0.1, 0.15) is 0 Å². The predicted molar refractivity (Wildman–Crippen MR) is 73.3 cm³/mol. The van der Waals surface area contributed by atoms with Gasteiger partial charge in [0.25, 0.3) is 0 Å². The van der Waals surface area contributed by atoms with E-state index in [9.17, 15) is 0 Å². The van der Waals surface area contributed by atoms with Crippen LogP contribution in [-0.2, 0) is 0 Å². The molecule has 0 radical (unpaired) electrons. The SMILES string of the molecule is Cc1c(Cl)cc(Cl)c(Cl)c1N=C(N)N=C(N)N. The number of nitrogens with two attached hydrogens (primary N) is 3. The maximum absolute atomic E-state index is 5.99. The van der Waals surface area contributed by atoms with Gasteiger partial charge in [0.15, 0.2) is 5.96 Å². The van der Waals surface area contributed by atoms with Gasteiger partial charge in [0.2, 0.25) is 5.96 Å². The van der Waals surface area contributed by atoms with Crippen molar-refractivity contribution in [2.24, 2.45) is 27.2 Å². The predicted octanol–water partition coefficient (Wildman–Crippen LogP) is 2.17. The lowest BCUT2D eigenvalue weighted by Gasteiger charge is -2.07. The summed E-state index contributed by atoms with van der Waals surface area (Å²) >= 11 is 17.8. The third-order valence-electron chi connectivity index (χ3n) is 1.85. The van der Waals surface area contributed by atoms with Gasteiger partial charge in [-0.05, 0) is 18.6 Å². The van der Waals surface area contributed by atoms with Crippen molar-refractivity contribution in [3.05, 3.63) is 26.7 Å². The second-order valence-electron chi connectivity index (χ2n) is 3.13. The van der Waals surface area contributed by atoms with Crippen molar-refractivity contribution in [1.82, 2.24) is 0 Å². The topological polar surface area (TPSA) is 103 Å². The summed E-state index contributed by atoms with van der Waals surface area (Å²) in [7, 11) is 0. The normalized spacial score (nSPS) is 11.4. The lowest BCUT2D eigenvalue weighted by molar-refractivity contribution is 1.34. The van der Waals surface area contributed by atoms with E-state index >= 15 is 0 Å². The molecule has 6 N–H and O–H groups in total. The maximum Gasteiger partial charge on any atom is 0.223 e. The van der Waals surface area contributed by atoms with Crippen LogP contribution in [0.3, 0.4) is 0 Å². The molecule has 1 aromatic rings. The van der Waals surface area contributed by atoms with Crippen LogP contribution >= 0.6 is 34.8 Å². The summed E-state index contributed by atoms with van der Waals surface area (Å²) < 4.78 is 0. The zero-order valence-corrected chi connectivity index (χ0v) is 11.1. The molecular formula is C9H10Cl3N5. The number of halogens is 3. The summed E-state index contributed by atoms with van der Waals surface area (Å²) in [6.07, 6.45) is 0. The Balaban J connectivity index is 3.37. The Bertz CT molecular complexity index is 480. The average Bonchev–Trinajstić information content (AvgIpc) is 2.20. The smallest absolute Gasteiger partial charge is 0.223 e. The molecule has 0 atom stereocenters. The molecule has 0 amide bonds. The molecule has 8 heteroatoms. The van der Waals surface area contributed by atoms with Crippen LogP contribution in [0.2, 0.25) is 15.1 Å². The highest BCUT2D eigenvalue weighted by Gasteiger charge is 2.12. The molecule has 0 saturated carbocycles. The molecule has 0 heterocycles. The molecule has 1 aromatic carbocycles. The number of benzene rings is 1. The minimum atomic E-state index is -0.201. The van der Waals surface area contributed by atoms with E-state index in [-0.39, 0.29) is 22.0 Å². The molecule has 1 rings (SSSR count). The van der Waals surface area contributed by atoms with Crippen molar-refractivity contribution >= 4 is 52.4 Å². The number of nitrogens with zero attached hydrogens (tertiary/aromatic N) is 2. The molecule has 0 fully saturated rings. The molecule has 92 valence electrons. The molecule has 0 spiro atoms. The van der Waals surface area contributed by atoms with Gasteiger partial charge < -0.3 is 17.2 Å². The Kier molecular flexibility index (Phi) is 4.45. The van der Waals surface area contributed by atoms with Crippen LogP contribution in [0.15, 0.2) is 16.1 Å². The Morgan fingerprint density at radius 2 is 1.71 bits per heavy atom. The van der Waals surface area contributed by atoms with Gasteiger partial charge in [-0.25, -0.2) is 4.99 Å². The minimum absolute atomic E-state index is 0.131. The number of hydrogen-bond donors (Lipinski definition) is 3. The van der Waals surface area contributed by atoms with Crippen molar-refractivity contribution < 1.29 is 0 Å². The van der Waals surface area contributed by atoms with Crippen LogP contribution in [0.5, 0.6) is 0 Å². The molecule has 0 unspecified atom stereocenters.